The number of anilines is 1. The van der Waals surface area contributed by atoms with Crippen molar-refractivity contribution in [3.05, 3.63) is 64.3 Å². The molecule has 10 heteroatoms. The zero-order chi connectivity index (χ0) is 24.3. The van der Waals surface area contributed by atoms with Gasteiger partial charge in [0.05, 0.1) is 16.9 Å². The van der Waals surface area contributed by atoms with Crippen LogP contribution < -0.4 is 10.1 Å². The highest BCUT2D eigenvalue weighted by Gasteiger charge is 2.41. The Balaban J connectivity index is 1.57. The molecule has 180 valence electrons. The monoisotopic (exact) mass is 508 g/mol. The average molecular weight is 509 g/mol. The Hall–Kier alpha value is -2.68. The first-order chi connectivity index (χ1) is 16.3. The number of nitrogens with zero attached hydrogens (tertiary/aromatic N) is 3. The van der Waals surface area contributed by atoms with E-state index in [1.54, 1.807) is 23.9 Å². The minimum atomic E-state index is -3.75. The van der Waals surface area contributed by atoms with Gasteiger partial charge in [-0.1, -0.05) is 35.3 Å². The third-order valence-corrected chi connectivity index (χ3v) is 6.27. The fourth-order valence-corrected chi connectivity index (χ4v) is 4.32. The molecule has 1 saturated heterocycles. The maximum Gasteiger partial charge on any atom is 0.350 e. The molecule has 1 aliphatic rings. The molecule has 0 unspecified atom stereocenters. The number of amides is 1. The van der Waals surface area contributed by atoms with Gasteiger partial charge < -0.3 is 10.1 Å². The van der Waals surface area contributed by atoms with Crippen molar-refractivity contribution in [2.24, 2.45) is 7.05 Å². The van der Waals surface area contributed by atoms with Crippen LogP contribution in [0, 0.1) is 0 Å². The number of nitrogens with one attached hydrogen (secondary N) is 1. The molecule has 1 N–H and O–H groups in total. The molecular formula is C24H24Cl2F2N4O2. The lowest BCUT2D eigenvalue weighted by Crippen LogP contribution is -2.32. The fourth-order valence-electron chi connectivity index (χ4n) is 3.92. The molecule has 3 aromatic rings. The molecule has 4 rings (SSSR count). The van der Waals surface area contributed by atoms with Crippen LogP contribution in [0.1, 0.15) is 18.4 Å². The maximum absolute atomic E-state index is 14.7. The summed E-state index contributed by atoms with van der Waals surface area (Å²) < 4.78 is 37.1. The van der Waals surface area contributed by atoms with Gasteiger partial charge in [-0.25, -0.2) is 0 Å². The summed E-state index contributed by atoms with van der Waals surface area (Å²) in [5.41, 5.74) is 0.821. The molecule has 2 aromatic carbocycles. The zero-order valence-electron chi connectivity index (χ0n) is 18.5. The van der Waals surface area contributed by atoms with Gasteiger partial charge in [0.1, 0.15) is 12.4 Å². The first-order valence-electron chi connectivity index (χ1n) is 10.9. The molecule has 0 spiro atoms. The van der Waals surface area contributed by atoms with Crippen LogP contribution in [0.15, 0.2) is 48.7 Å². The molecule has 1 fully saturated rings. The third kappa shape index (κ3) is 5.35. The van der Waals surface area contributed by atoms with Gasteiger partial charge in [0.2, 0.25) is 0 Å². The number of halogens is 4. The van der Waals surface area contributed by atoms with Gasteiger partial charge in [0, 0.05) is 35.4 Å². The van der Waals surface area contributed by atoms with Gasteiger partial charge in [-0.3, -0.25) is 14.4 Å². The largest absolute Gasteiger partial charge is 0.492 e. The van der Waals surface area contributed by atoms with Crippen molar-refractivity contribution >= 4 is 34.8 Å². The molecule has 0 radical (unpaired) electrons. The van der Waals surface area contributed by atoms with Crippen molar-refractivity contribution in [2.45, 2.75) is 18.8 Å². The van der Waals surface area contributed by atoms with Gasteiger partial charge in [-0.15, -0.1) is 0 Å². The van der Waals surface area contributed by atoms with Crippen LogP contribution in [0.25, 0.3) is 11.3 Å². The summed E-state index contributed by atoms with van der Waals surface area (Å²) in [5, 5.41) is 7.14. The number of hydrogen-bond acceptors (Lipinski definition) is 4. The summed E-state index contributed by atoms with van der Waals surface area (Å²) in [7, 11) is 1.72. The summed E-state index contributed by atoms with van der Waals surface area (Å²) in [6, 6.07) is 9.60. The van der Waals surface area contributed by atoms with Crippen molar-refractivity contribution in [1.29, 1.82) is 0 Å². The number of aromatic nitrogens is 2. The Morgan fingerprint density at radius 1 is 1.15 bits per heavy atom. The third-order valence-electron chi connectivity index (χ3n) is 5.74. The Morgan fingerprint density at radius 2 is 1.85 bits per heavy atom. The van der Waals surface area contributed by atoms with Crippen molar-refractivity contribution < 1.29 is 18.3 Å². The number of carbonyl (C=O) groups is 1. The Kier molecular flexibility index (Phi) is 7.40. The van der Waals surface area contributed by atoms with Crippen LogP contribution in [0.4, 0.5) is 14.5 Å². The minimum Gasteiger partial charge on any atom is -0.492 e. The smallest absolute Gasteiger partial charge is 0.350 e. The predicted molar refractivity (Wildman–Crippen MR) is 129 cm³/mol. The first-order valence-corrected chi connectivity index (χ1v) is 11.6. The lowest BCUT2D eigenvalue weighted by Gasteiger charge is -2.19. The van der Waals surface area contributed by atoms with Crippen LogP contribution in [-0.2, 0) is 17.8 Å². The average Bonchev–Trinajstić information content (AvgIpc) is 3.44. The van der Waals surface area contributed by atoms with Crippen molar-refractivity contribution in [3.8, 4) is 17.0 Å². The van der Waals surface area contributed by atoms with Crippen LogP contribution in [-0.4, -0.2) is 46.8 Å². The first kappa shape index (κ1) is 24.4. The molecule has 0 bridgehead atoms. The highest BCUT2D eigenvalue weighted by Crippen LogP contribution is 2.37. The van der Waals surface area contributed by atoms with E-state index in [0.717, 1.165) is 31.8 Å². The fraction of sp³-hybridized carbons (Fsp3) is 0.333. The zero-order valence-corrected chi connectivity index (χ0v) is 20.0. The number of likely N-dealkylation sites (tertiary alicyclic amines) is 1. The van der Waals surface area contributed by atoms with E-state index >= 15 is 0 Å². The van der Waals surface area contributed by atoms with Crippen molar-refractivity contribution in [1.82, 2.24) is 14.7 Å². The van der Waals surface area contributed by atoms with Crippen LogP contribution in [0.5, 0.6) is 5.75 Å². The molecule has 0 saturated carbocycles. The lowest BCUT2D eigenvalue weighted by atomic mass is 10.1. The summed E-state index contributed by atoms with van der Waals surface area (Å²) >= 11 is 12.1. The number of carbonyl (C=O) groups excluding carboxylic acids is 1. The molecular weight excluding hydrogens is 485 g/mol. The van der Waals surface area contributed by atoms with Gasteiger partial charge in [0.25, 0.3) is 5.91 Å². The Bertz CT molecular complexity index is 1140. The summed E-state index contributed by atoms with van der Waals surface area (Å²) in [4.78, 5) is 14.8. The molecule has 6 nitrogen and oxygen atoms in total. The number of hydrogen-bond donors (Lipinski definition) is 1. The molecule has 1 aromatic heterocycles. The Morgan fingerprint density at radius 3 is 2.50 bits per heavy atom. The minimum absolute atomic E-state index is 0.179. The standard InChI is InChI=1S/C24H24Cl2F2N4O2/c1-31-22(20(26)15-29-31)19-14-18(8-9-21(19)34-13-12-32-10-2-3-11-32)30-23(33)24(27,28)16-4-6-17(25)7-5-16/h4-9,14-15H,2-3,10-13H2,1H3,(H,30,33). The number of aryl methyl sites for hydroxylation is 1. The van der Waals surface area contributed by atoms with Gasteiger partial charge in [-0.05, 0) is 56.3 Å². The highest BCUT2D eigenvalue weighted by molar-refractivity contribution is 6.33. The van der Waals surface area contributed by atoms with Gasteiger partial charge in [-0.2, -0.15) is 13.9 Å². The van der Waals surface area contributed by atoms with Crippen LogP contribution >= 0.6 is 23.2 Å². The van der Waals surface area contributed by atoms with E-state index in [-0.39, 0.29) is 5.69 Å². The molecule has 1 amide bonds. The number of benzene rings is 2. The normalized spacial score (nSPS) is 14.4. The highest BCUT2D eigenvalue weighted by atomic mass is 35.5. The molecule has 2 heterocycles. The molecule has 34 heavy (non-hydrogen) atoms. The molecule has 0 atom stereocenters. The van der Waals surface area contributed by atoms with Crippen molar-refractivity contribution in [2.75, 3.05) is 31.6 Å². The quantitative estimate of drug-likeness (QED) is 0.430. The second kappa shape index (κ2) is 10.3. The summed E-state index contributed by atoms with van der Waals surface area (Å²) in [5.74, 6) is -4.69. The number of alkyl halides is 2. The topological polar surface area (TPSA) is 59.4 Å². The van der Waals surface area contributed by atoms with E-state index in [4.69, 9.17) is 27.9 Å². The predicted octanol–water partition coefficient (Wildman–Crippen LogP) is 5.60. The van der Waals surface area contributed by atoms with E-state index in [1.165, 1.54) is 37.2 Å². The van der Waals surface area contributed by atoms with Crippen LogP contribution in [0.2, 0.25) is 10.0 Å². The summed E-state index contributed by atoms with van der Waals surface area (Å²) in [6.45, 7) is 3.35. The SMILES string of the molecule is Cn1ncc(Cl)c1-c1cc(NC(=O)C(F)(F)c2ccc(Cl)cc2)ccc1OCCN1CCCC1. The van der Waals surface area contributed by atoms with E-state index in [9.17, 15) is 13.6 Å². The van der Waals surface area contributed by atoms with Gasteiger partial charge in [0.15, 0.2) is 0 Å². The second-order valence-corrected chi connectivity index (χ2v) is 8.95. The molecule has 1 aliphatic heterocycles. The second-order valence-electron chi connectivity index (χ2n) is 8.11. The number of rotatable bonds is 8. The van der Waals surface area contributed by atoms with Crippen molar-refractivity contribution in [3.63, 3.8) is 0 Å². The Labute approximate surface area is 206 Å². The van der Waals surface area contributed by atoms with Gasteiger partial charge >= 0.3 is 5.92 Å². The maximum atomic E-state index is 14.7. The summed E-state index contributed by atoms with van der Waals surface area (Å²) in [6.07, 6.45) is 3.86. The van der Waals surface area contributed by atoms with E-state index < -0.39 is 17.4 Å². The lowest BCUT2D eigenvalue weighted by molar-refractivity contribution is -0.140. The van der Waals surface area contributed by atoms with E-state index in [0.29, 0.717) is 33.7 Å². The number of ether oxygens (including phenoxy) is 1. The van der Waals surface area contributed by atoms with E-state index in [2.05, 4.69) is 15.3 Å². The molecule has 0 aliphatic carbocycles. The van der Waals surface area contributed by atoms with E-state index in [1.807, 2.05) is 0 Å². The van der Waals surface area contributed by atoms with Crippen LogP contribution in [0.3, 0.4) is 0 Å².